The van der Waals surface area contributed by atoms with Gasteiger partial charge in [-0.15, -0.1) is 0 Å². The number of hydrogen-bond donors (Lipinski definition) is 1. The third-order valence-electron chi connectivity index (χ3n) is 4.40. The summed E-state index contributed by atoms with van der Waals surface area (Å²) in [7, 11) is 0. The van der Waals surface area contributed by atoms with Crippen molar-refractivity contribution < 1.29 is 0 Å². The summed E-state index contributed by atoms with van der Waals surface area (Å²) in [6, 6.07) is 9.64. The number of benzene rings is 1. The van der Waals surface area contributed by atoms with E-state index < -0.39 is 0 Å². The van der Waals surface area contributed by atoms with E-state index in [4.69, 9.17) is 0 Å². The molecule has 20 heavy (non-hydrogen) atoms. The summed E-state index contributed by atoms with van der Waals surface area (Å²) in [5.74, 6) is 0. The summed E-state index contributed by atoms with van der Waals surface area (Å²) in [6.07, 6.45) is 2.35. The Balaban J connectivity index is 3.02. The first kappa shape index (κ1) is 17.2. The number of nitrogens with one attached hydrogen (secondary N) is 1. The van der Waals surface area contributed by atoms with Crippen molar-refractivity contribution in [1.29, 1.82) is 0 Å². The standard InChI is InChI=1S/C19H33N/c1-8-14-20-17(19(6,7)9-2)15-10-12-16(13-11-15)18(3,4)5/h10-13,17,20H,8-9,14H2,1-7H3. The average molecular weight is 275 g/mol. The molecule has 0 spiro atoms. The van der Waals surface area contributed by atoms with Crippen molar-refractivity contribution in [2.75, 3.05) is 6.54 Å². The highest BCUT2D eigenvalue weighted by atomic mass is 14.9. The minimum absolute atomic E-state index is 0.227. The molecule has 0 aliphatic carbocycles. The van der Waals surface area contributed by atoms with Gasteiger partial charge in [-0.2, -0.15) is 0 Å². The lowest BCUT2D eigenvalue weighted by atomic mass is 9.77. The minimum atomic E-state index is 0.227. The Morgan fingerprint density at radius 1 is 0.950 bits per heavy atom. The van der Waals surface area contributed by atoms with Crippen LogP contribution in [-0.2, 0) is 5.41 Å². The topological polar surface area (TPSA) is 12.0 Å². The predicted octanol–water partition coefficient (Wildman–Crippen LogP) is 5.46. The molecule has 1 heteroatoms. The van der Waals surface area contributed by atoms with Gasteiger partial charge in [0.25, 0.3) is 0 Å². The van der Waals surface area contributed by atoms with Crippen molar-refractivity contribution in [3.63, 3.8) is 0 Å². The van der Waals surface area contributed by atoms with E-state index in [1.165, 1.54) is 24.0 Å². The zero-order valence-corrected chi connectivity index (χ0v) is 14.5. The molecule has 0 heterocycles. The summed E-state index contributed by atoms with van der Waals surface area (Å²) in [5.41, 5.74) is 3.33. The SMILES string of the molecule is CCCNC(c1ccc(C(C)(C)C)cc1)C(C)(C)CC. The van der Waals surface area contributed by atoms with Gasteiger partial charge in [0.2, 0.25) is 0 Å². The van der Waals surface area contributed by atoms with Gasteiger partial charge in [-0.1, -0.05) is 72.7 Å². The molecule has 0 fully saturated rings. The van der Waals surface area contributed by atoms with Gasteiger partial charge in [0, 0.05) is 6.04 Å². The van der Waals surface area contributed by atoms with Crippen LogP contribution < -0.4 is 5.32 Å². The zero-order chi connectivity index (χ0) is 15.4. The Morgan fingerprint density at radius 3 is 1.90 bits per heavy atom. The normalized spacial score (nSPS) is 14.3. The second-order valence-corrected chi connectivity index (χ2v) is 7.60. The molecule has 114 valence electrons. The molecule has 0 amide bonds. The van der Waals surface area contributed by atoms with E-state index in [0.717, 1.165) is 6.54 Å². The van der Waals surface area contributed by atoms with Crippen LogP contribution in [0.1, 0.15) is 78.5 Å². The fraction of sp³-hybridized carbons (Fsp3) is 0.684. The van der Waals surface area contributed by atoms with Crippen LogP contribution in [0.4, 0.5) is 0 Å². The predicted molar refractivity (Wildman–Crippen MR) is 90.2 cm³/mol. The van der Waals surface area contributed by atoms with Crippen LogP contribution in [0.5, 0.6) is 0 Å². The molecule has 0 radical (unpaired) electrons. The van der Waals surface area contributed by atoms with E-state index in [-0.39, 0.29) is 10.8 Å². The lowest BCUT2D eigenvalue weighted by Crippen LogP contribution is -2.34. The average Bonchev–Trinajstić information content (AvgIpc) is 2.38. The van der Waals surface area contributed by atoms with Crippen molar-refractivity contribution in [1.82, 2.24) is 5.32 Å². The quantitative estimate of drug-likeness (QED) is 0.726. The monoisotopic (exact) mass is 275 g/mol. The second kappa shape index (κ2) is 6.76. The number of hydrogen-bond acceptors (Lipinski definition) is 1. The maximum absolute atomic E-state index is 3.74. The molecule has 0 aliphatic heterocycles. The van der Waals surface area contributed by atoms with Gasteiger partial charge in [-0.3, -0.25) is 0 Å². The molecular weight excluding hydrogens is 242 g/mol. The van der Waals surface area contributed by atoms with Crippen LogP contribution in [0, 0.1) is 5.41 Å². The summed E-state index contributed by atoms with van der Waals surface area (Å²) >= 11 is 0. The fourth-order valence-electron chi connectivity index (χ4n) is 2.51. The van der Waals surface area contributed by atoms with Gasteiger partial charge < -0.3 is 5.32 Å². The first-order valence-electron chi connectivity index (χ1n) is 8.06. The molecule has 0 aromatic heterocycles. The van der Waals surface area contributed by atoms with E-state index >= 15 is 0 Å². The van der Waals surface area contributed by atoms with Crippen molar-refractivity contribution >= 4 is 0 Å². The maximum Gasteiger partial charge on any atom is 0.0371 e. The zero-order valence-electron chi connectivity index (χ0n) is 14.5. The molecule has 1 aromatic rings. The Bertz CT molecular complexity index is 395. The van der Waals surface area contributed by atoms with Gasteiger partial charge in [-0.25, -0.2) is 0 Å². The van der Waals surface area contributed by atoms with Crippen LogP contribution in [0.15, 0.2) is 24.3 Å². The highest BCUT2D eigenvalue weighted by Crippen LogP contribution is 2.37. The number of rotatable bonds is 6. The molecule has 1 N–H and O–H groups in total. The third kappa shape index (κ3) is 4.34. The molecule has 0 saturated heterocycles. The first-order chi connectivity index (χ1) is 9.22. The van der Waals surface area contributed by atoms with Crippen molar-refractivity contribution in [3.8, 4) is 0 Å². The molecule has 1 unspecified atom stereocenters. The molecule has 0 saturated carbocycles. The van der Waals surface area contributed by atoms with E-state index in [9.17, 15) is 0 Å². The Labute approximate surface area is 126 Å². The van der Waals surface area contributed by atoms with Crippen LogP contribution in [0.2, 0.25) is 0 Å². The molecule has 1 rings (SSSR count). The lowest BCUT2D eigenvalue weighted by molar-refractivity contribution is 0.234. The summed E-state index contributed by atoms with van der Waals surface area (Å²) in [5, 5.41) is 3.74. The smallest absolute Gasteiger partial charge is 0.0371 e. The van der Waals surface area contributed by atoms with Crippen LogP contribution in [-0.4, -0.2) is 6.54 Å². The van der Waals surface area contributed by atoms with Crippen molar-refractivity contribution in [2.45, 2.75) is 72.8 Å². The maximum atomic E-state index is 3.74. The Morgan fingerprint density at radius 2 is 1.50 bits per heavy atom. The van der Waals surface area contributed by atoms with E-state index in [2.05, 4.69) is 78.0 Å². The first-order valence-corrected chi connectivity index (χ1v) is 8.06. The van der Waals surface area contributed by atoms with Gasteiger partial charge in [-0.05, 0) is 41.3 Å². The van der Waals surface area contributed by atoms with E-state index in [0.29, 0.717) is 6.04 Å². The van der Waals surface area contributed by atoms with Gasteiger partial charge >= 0.3 is 0 Å². The van der Waals surface area contributed by atoms with Gasteiger partial charge in [0.05, 0.1) is 0 Å². The highest BCUT2D eigenvalue weighted by molar-refractivity contribution is 5.30. The highest BCUT2D eigenvalue weighted by Gasteiger charge is 2.28. The Kier molecular flexibility index (Phi) is 5.82. The van der Waals surface area contributed by atoms with Gasteiger partial charge in [0.15, 0.2) is 0 Å². The summed E-state index contributed by atoms with van der Waals surface area (Å²) in [4.78, 5) is 0. The van der Waals surface area contributed by atoms with Crippen LogP contribution >= 0.6 is 0 Å². The fourth-order valence-corrected chi connectivity index (χ4v) is 2.51. The minimum Gasteiger partial charge on any atom is -0.309 e. The third-order valence-corrected chi connectivity index (χ3v) is 4.40. The molecular formula is C19H33N. The summed E-state index contributed by atoms with van der Waals surface area (Å²) in [6.45, 7) is 17.1. The van der Waals surface area contributed by atoms with Crippen LogP contribution in [0.3, 0.4) is 0 Å². The molecule has 0 aliphatic rings. The summed E-state index contributed by atoms with van der Waals surface area (Å²) < 4.78 is 0. The second-order valence-electron chi connectivity index (χ2n) is 7.60. The van der Waals surface area contributed by atoms with Crippen molar-refractivity contribution in [2.24, 2.45) is 5.41 Å². The molecule has 1 nitrogen and oxygen atoms in total. The molecule has 1 aromatic carbocycles. The molecule has 1 atom stereocenters. The Hall–Kier alpha value is -0.820. The van der Waals surface area contributed by atoms with Crippen molar-refractivity contribution in [3.05, 3.63) is 35.4 Å². The largest absolute Gasteiger partial charge is 0.309 e. The van der Waals surface area contributed by atoms with E-state index in [1.807, 2.05) is 0 Å². The molecule has 0 bridgehead atoms. The van der Waals surface area contributed by atoms with Crippen LogP contribution in [0.25, 0.3) is 0 Å². The van der Waals surface area contributed by atoms with E-state index in [1.54, 1.807) is 0 Å². The van der Waals surface area contributed by atoms with Gasteiger partial charge in [0.1, 0.15) is 0 Å². The lowest BCUT2D eigenvalue weighted by Gasteiger charge is -2.35.